The predicted octanol–water partition coefficient (Wildman–Crippen LogP) is 2.20. The van der Waals surface area contributed by atoms with Gasteiger partial charge in [0, 0.05) is 0 Å². The highest BCUT2D eigenvalue weighted by Gasteiger charge is 2.19. The lowest BCUT2D eigenvalue weighted by atomic mass is 10.00. The molecule has 0 spiro atoms. The molecule has 3 heteroatoms. The van der Waals surface area contributed by atoms with E-state index in [1.54, 1.807) is 0 Å². The SMILES string of the molecule is CC(C)c1ccc(C2CN=C(N)O2)cc1. The summed E-state index contributed by atoms with van der Waals surface area (Å²) in [5.41, 5.74) is 7.95. The average molecular weight is 204 g/mol. The van der Waals surface area contributed by atoms with Gasteiger partial charge in [-0.2, -0.15) is 0 Å². The summed E-state index contributed by atoms with van der Waals surface area (Å²) in [6.07, 6.45) is 0.00575. The molecule has 1 unspecified atom stereocenters. The lowest BCUT2D eigenvalue weighted by molar-refractivity contribution is 0.226. The van der Waals surface area contributed by atoms with Crippen LogP contribution >= 0.6 is 0 Å². The van der Waals surface area contributed by atoms with Crippen molar-refractivity contribution in [3.63, 3.8) is 0 Å². The molecule has 1 aromatic carbocycles. The molecule has 1 aliphatic rings. The summed E-state index contributed by atoms with van der Waals surface area (Å²) in [7, 11) is 0. The molecule has 0 fully saturated rings. The zero-order valence-electron chi connectivity index (χ0n) is 9.10. The number of ether oxygens (including phenoxy) is 1. The number of hydrogen-bond donors (Lipinski definition) is 1. The van der Waals surface area contributed by atoms with E-state index in [-0.39, 0.29) is 6.10 Å². The van der Waals surface area contributed by atoms with Gasteiger partial charge in [-0.1, -0.05) is 38.1 Å². The Hall–Kier alpha value is -1.51. The van der Waals surface area contributed by atoms with Crippen LogP contribution in [0.2, 0.25) is 0 Å². The highest BCUT2D eigenvalue weighted by molar-refractivity contribution is 5.73. The Morgan fingerprint density at radius 1 is 1.33 bits per heavy atom. The Morgan fingerprint density at radius 2 is 2.00 bits per heavy atom. The standard InChI is InChI=1S/C12H16N2O/c1-8(2)9-3-5-10(6-4-9)11-7-14-12(13)15-11/h3-6,8,11H,7H2,1-2H3,(H2,13,14). The molecule has 1 aliphatic heterocycles. The Labute approximate surface area is 90.0 Å². The Kier molecular flexibility index (Phi) is 2.62. The molecule has 2 N–H and O–H groups in total. The molecule has 15 heavy (non-hydrogen) atoms. The molecule has 80 valence electrons. The molecule has 0 amide bonds. The Balaban J connectivity index is 2.11. The van der Waals surface area contributed by atoms with Gasteiger partial charge in [-0.3, -0.25) is 0 Å². The van der Waals surface area contributed by atoms with Gasteiger partial charge in [-0.25, -0.2) is 4.99 Å². The van der Waals surface area contributed by atoms with Crippen molar-refractivity contribution in [1.29, 1.82) is 0 Å². The van der Waals surface area contributed by atoms with Crippen LogP contribution in [0.1, 0.15) is 37.0 Å². The van der Waals surface area contributed by atoms with Crippen LogP contribution in [-0.4, -0.2) is 12.6 Å². The number of rotatable bonds is 2. The van der Waals surface area contributed by atoms with Gasteiger partial charge in [0.25, 0.3) is 6.02 Å². The van der Waals surface area contributed by atoms with E-state index in [0.29, 0.717) is 18.5 Å². The third kappa shape index (κ3) is 2.12. The van der Waals surface area contributed by atoms with E-state index in [1.807, 2.05) is 0 Å². The van der Waals surface area contributed by atoms with Gasteiger partial charge in [-0.05, 0) is 17.0 Å². The molecule has 1 atom stereocenters. The summed E-state index contributed by atoms with van der Waals surface area (Å²) in [4.78, 5) is 4.02. The summed E-state index contributed by atoms with van der Waals surface area (Å²) in [6.45, 7) is 5.00. The number of amidine groups is 1. The second-order valence-corrected chi connectivity index (χ2v) is 4.11. The van der Waals surface area contributed by atoms with E-state index in [1.165, 1.54) is 5.56 Å². The van der Waals surface area contributed by atoms with Crippen molar-refractivity contribution >= 4 is 6.02 Å². The van der Waals surface area contributed by atoms with Crippen molar-refractivity contribution in [3.05, 3.63) is 35.4 Å². The van der Waals surface area contributed by atoms with Crippen LogP contribution in [0, 0.1) is 0 Å². The van der Waals surface area contributed by atoms with Gasteiger partial charge in [0.15, 0.2) is 0 Å². The first kappa shape index (κ1) is 10.0. The van der Waals surface area contributed by atoms with Gasteiger partial charge in [-0.15, -0.1) is 0 Å². The Bertz CT molecular complexity index is 368. The molecular formula is C12H16N2O. The van der Waals surface area contributed by atoms with Gasteiger partial charge in [0.05, 0.1) is 6.54 Å². The molecule has 1 aromatic rings. The van der Waals surface area contributed by atoms with Crippen molar-refractivity contribution in [2.75, 3.05) is 6.54 Å². The largest absolute Gasteiger partial charge is 0.455 e. The number of hydrogen-bond acceptors (Lipinski definition) is 3. The van der Waals surface area contributed by atoms with Crippen molar-refractivity contribution in [2.24, 2.45) is 10.7 Å². The highest BCUT2D eigenvalue weighted by Crippen LogP contribution is 2.23. The minimum absolute atomic E-state index is 0.00575. The number of nitrogens with zero attached hydrogens (tertiary/aromatic N) is 1. The van der Waals surface area contributed by atoms with E-state index in [2.05, 4.69) is 43.1 Å². The van der Waals surface area contributed by atoms with Gasteiger partial charge >= 0.3 is 0 Å². The summed E-state index contributed by atoms with van der Waals surface area (Å²) >= 11 is 0. The second-order valence-electron chi connectivity index (χ2n) is 4.11. The topological polar surface area (TPSA) is 47.6 Å². The third-order valence-electron chi connectivity index (χ3n) is 2.65. The molecule has 0 bridgehead atoms. The maximum atomic E-state index is 5.47. The van der Waals surface area contributed by atoms with Crippen LogP contribution in [0.3, 0.4) is 0 Å². The lowest BCUT2D eigenvalue weighted by Crippen LogP contribution is -2.13. The fraction of sp³-hybridized carbons (Fsp3) is 0.417. The molecule has 0 radical (unpaired) electrons. The van der Waals surface area contributed by atoms with E-state index in [9.17, 15) is 0 Å². The van der Waals surface area contributed by atoms with Crippen LogP contribution in [0.5, 0.6) is 0 Å². The van der Waals surface area contributed by atoms with E-state index < -0.39 is 0 Å². The molecule has 2 rings (SSSR count). The van der Waals surface area contributed by atoms with Gasteiger partial charge < -0.3 is 10.5 Å². The van der Waals surface area contributed by atoms with Crippen molar-refractivity contribution in [2.45, 2.75) is 25.9 Å². The first-order chi connectivity index (χ1) is 7.16. The van der Waals surface area contributed by atoms with E-state index in [4.69, 9.17) is 10.5 Å². The molecule has 0 saturated heterocycles. The maximum absolute atomic E-state index is 5.47. The molecule has 1 heterocycles. The molecule has 0 aromatic heterocycles. The van der Waals surface area contributed by atoms with Crippen molar-refractivity contribution < 1.29 is 4.74 Å². The van der Waals surface area contributed by atoms with Gasteiger partial charge in [0.2, 0.25) is 0 Å². The minimum atomic E-state index is 0.00575. The van der Waals surface area contributed by atoms with Crippen LogP contribution in [0.15, 0.2) is 29.3 Å². The zero-order valence-corrected chi connectivity index (χ0v) is 9.10. The molecule has 3 nitrogen and oxygen atoms in total. The number of nitrogens with two attached hydrogens (primary N) is 1. The summed E-state index contributed by atoms with van der Waals surface area (Å²) in [5, 5.41) is 0. The third-order valence-corrected chi connectivity index (χ3v) is 2.65. The monoisotopic (exact) mass is 204 g/mol. The van der Waals surface area contributed by atoms with Crippen LogP contribution in [0.4, 0.5) is 0 Å². The Morgan fingerprint density at radius 3 is 2.47 bits per heavy atom. The summed E-state index contributed by atoms with van der Waals surface area (Å²) < 4.78 is 5.38. The maximum Gasteiger partial charge on any atom is 0.282 e. The van der Waals surface area contributed by atoms with E-state index in [0.717, 1.165) is 5.56 Å². The van der Waals surface area contributed by atoms with Crippen molar-refractivity contribution in [1.82, 2.24) is 0 Å². The number of benzene rings is 1. The first-order valence-corrected chi connectivity index (χ1v) is 5.23. The smallest absolute Gasteiger partial charge is 0.282 e. The lowest BCUT2D eigenvalue weighted by Gasteiger charge is -2.11. The summed E-state index contributed by atoms with van der Waals surface area (Å²) in [5.74, 6) is 0.560. The first-order valence-electron chi connectivity index (χ1n) is 5.23. The molecular weight excluding hydrogens is 188 g/mol. The number of aliphatic imine (C=N–C) groups is 1. The highest BCUT2D eigenvalue weighted by atomic mass is 16.5. The molecule has 0 saturated carbocycles. The minimum Gasteiger partial charge on any atom is -0.455 e. The summed E-state index contributed by atoms with van der Waals surface area (Å²) in [6, 6.07) is 8.76. The van der Waals surface area contributed by atoms with Crippen LogP contribution < -0.4 is 5.73 Å². The van der Waals surface area contributed by atoms with Crippen LogP contribution in [0.25, 0.3) is 0 Å². The zero-order chi connectivity index (χ0) is 10.8. The average Bonchev–Trinajstić information content (AvgIpc) is 2.65. The predicted molar refractivity (Wildman–Crippen MR) is 60.8 cm³/mol. The van der Waals surface area contributed by atoms with Gasteiger partial charge in [0.1, 0.15) is 6.10 Å². The van der Waals surface area contributed by atoms with Crippen molar-refractivity contribution in [3.8, 4) is 0 Å². The normalized spacial score (nSPS) is 20.2. The quantitative estimate of drug-likeness (QED) is 0.802. The second kappa shape index (κ2) is 3.93. The molecule has 0 aliphatic carbocycles. The van der Waals surface area contributed by atoms with E-state index >= 15 is 0 Å². The fourth-order valence-corrected chi connectivity index (χ4v) is 1.66. The fourth-order valence-electron chi connectivity index (χ4n) is 1.66. The van der Waals surface area contributed by atoms with Crippen LogP contribution in [-0.2, 0) is 4.74 Å².